The van der Waals surface area contributed by atoms with E-state index in [4.69, 9.17) is 17.3 Å². The molecule has 0 heterocycles. The Kier molecular flexibility index (Phi) is 3.53. The van der Waals surface area contributed by atoms with E-state index in [9.17, 15) is 13.6 Å². The number of hydrogen-bond donors (Lipinski definition) is 1. The van der Waals surface area contributed by atoms with Crippen molar-refractivity contribution in [2.75, 3.05) is 5.73 Å². The second-order valence-electron chi connectivity index (χ2n) is 4.12. The van der Waals surface area contributed by atoms with Gasteiger partial charge in [0, 0.05) is 5.56 Å². The van der Waals surface area contributed by atoms with Crippen molar-refractivity contribution in [1.29, 1.82) is 0 Å². The highest BCUT2D eigenvalue weighted by molar-refractivity contribution is 6.33. The third-order valence-corrected chi connectivity index (χ3v) is 3.11. The van der Waals surface area contributed by atoms with Crippen molar-refractivity contribution in [3.8, 4) is 0 Å². The average molecular weight is 282 g/mol. The summed E-state index contributed by atoms with van der Waals surface area (Å²) in [5, 5.41) is 0.279. The minimum atomic E-state index is -0.901. The van der Waals surface area contributed by atoms with E-state index in [0.29, 0.717) is 0 Å². The van der Waals surface area contributed by atoms with E-state index in [1.807, 2.05) is 0 Å². The Bertz CT molecular complexity index is 671. The van der Waals surface area contributed by atoms with Crippen molar-refractivity contribution in [1.82, 2.24) is 0 Å². The Hall–Kier alpha value is -1.94. The molecule has 0 aliphatic rings. The molecule has 0 aliphatic carbocycles. The van der Waals surface area contributed by atoms with Gasteiger partial charge in [-0.15, -0.1) is 0 Å². The van der Waals surface area contributed by atoms with Gasteiger partial charge in [0.25, 0.3) is 0 Å². The lowest BCUT2D eigenvalue weighted by Crippen LogP contribution is -2.09. The Labute approximate surface area is 113 Å². The zero-order chi connectivity index (χ0) is 14.2. The molecule has 0 amide bonds. The molecule has 0 unspecified atom stereocenters. The lowest BCUT2D eigenvalue weighted by Gasteiger charge is -2.07. The molecule has 0 aromatic heterocycles. The van der Waals surface area contributed by atoms with E-state index in [0.717, 1.165) is 6.07 Å². The van der Waals surface area contributed by atoms with E-state index < -0.39 is 23.0 Å². The molecule has 2 nitrogen and oxygen atoms in total. The highest BCUT2D eigenvalue weighted by atomic mass is 35.5. The van der Waals surface area contributed by atoms with E-state index in [1.54, 1.807) is 0 Å². The van der Waals surface area contributed by atoms with Crippen LogP contribution in [0.1, 0.15) is 21.5 Å². The third kappa shape index (κ3) is 2.44. The molecule has 0 spiro atoms. The summed E-state index contributed by atoms with van der Waals surface area (Å²) in [7, 11) is 0. The molecule has 2 N–H and O–H groups in total. The first-order valence-corrected chi connectivity index (χ1v) is 5.84. The summed E-state index contributed by atoms with van der Waals surface area (Å²) >= 11 is 5.73. The number of benzene rings is 2. The minimum Gasteiger partial charge on any atom is -0.398 e. The number of aryl methyl sites for hydroxylation is 1. The van der Waals surface area contributed by atoms with Crippen LogP contribution in [0.2, 0.25) is 5.02 Å². The largest absolute Gasteiger partial charge is 0.398 e. The van der Waals surface area contributed by atoms with Crippen LogP contribution in [-0.4, -0.2) is 5.78 Å². The fourth-order valence-electron chi connectivity index (χ4n) is 1.69. The second kappa shape index (κ2) is 4.97. The molecule has 0 saturated heterocycles. The fourth-order valence-corrected chi connectivity index (χ4v) is 1.81. The number of rotatable bonds is 2. The number of halogens is 3. The SMILES string of the molecule is Cc1ccc(F)c(C(=O)c2ccc(Cl)c(N)c2)c1F. The number of carbonyl (C=O) groups is 1. The number of anilines is 1. The molecule has 0 atom stereocenters. The van der Waals surface area contributed by atoms with Crippen LogP contribution in [0.4, 0.5) is 14.5 Å². The molecular formula is C14H10ClF2NO. The summed E-state index contributed by atoms with van der Waals surface area (Å²) in [5.41, 5.74) is 5.46. The summed E-state index contributed by atoms with van der Waals surface area (Å²) in [5.74, 6) is -2.53. The smallest absolute Gasteiger partial charge is 0.199 e. The average Bonchev–Trinajstić information content (AvgIpc) is 2.37. The molecule has 0 aliphatic heterocycles. The Morgan fingerprint density at radius 3 is 2.53 bits per heavy atom. The Morgan fingerprint density at radius 1 is 1.21 bits per heavy atom. The van der Waals surface area contributed by atoms with E-state index in [1.165, 1.54) is 31.2 Å². The molecule has 2 aromatic carbocycles. The van der Waals surface area contributed by atoms with Crippen molar-refractivity contribution in [2.45, 2.75) is 6.92 Å². The highest BCUT2D eigenvalue weighted by Gasteiger charge is 2.20. The molecule has 19 heavy (non-hydrogen) atoms. The van der Waals surface area contributed by atoms with E-state index >= 15 is 0 Å². The number of carbonyl (C=O) groups excluding carboxylic acids is 1. The Morgan fingerprint density at radius 2 is 1.89 bits per heavy atom. The summed E-state index contributed by atoms with van der Waals surface area (Å²) < 4.78 is 27.5. The van der Waals surface area contributed by atoms with Gasteiger partial charge >= 0.3 is 0 Å². The lowest BCUT2D eigenvalue weighted by molar-refractivity contribution is 0.103. The van der Waals surface area contributed by atoms with Gasteiger partial charge in [-0.1, -0.05) is 17.7 Å². The molecule has 98 valence electrons. The molecule has 0 radical (unpaired) electrons. The second-order valence-corrected chi connectivity index (χ2v) is 4.53. The first kappa shape index (κ1) is 13.5. The Balaban J connectivity index is 2.56. The molecule has 2 aromatic rings. The highest BCUT2D eigenvalue weighted by Crippen LogP contribution is 2.24. The van der Waals surface area contributed by atoms with Gasteiger partial charge in [-0.05, 0) is 36.8 Å². The monoisotopic (exact) mass is 281 g/mol. The molecule has 5 heteroatoms. The van der Waals surface area contributed by atoms with Crippen LogP contribution in [0, 0.1) is 18.6 Å². The minimum absolute atomic E-state index is 0.0882. The predicted octanol–water partition coefficient (Wildman–Crippen LogP) is 3.74. The van der Waals surface area contributed by atoms with Crippen LogP contribution in [0.3, 0.4) is 0 Å². The van der Waals surface area contributed by atoms with Crippen LogP contribution in [0.25, 0.3) is 0 Å². The molecular weight excluding hydrogens is 272 g/mol. The van der Waals surface area contributed by atoms with Gasteiger partial charge in [0.1, 0.15) is 11.6 Å². The number of hydrogen-bond acceptors (Lipinski definition) is 2. The van der Waals surface area contributed by atoms with Crippen molar-refractivity contribution in [3.05, 3.63) is 63.7 Å². The van der Waals surface area contributed by atoms with Crippen LogP contribution >= 0.6 is 11.6 Å². The molecule has 0 bridgehead atoms. The third-order valence-electron chi connectivity index (χ3n) is 2.77. The number of nitrogens with two attached hydrogens (primary N) is 1. The molecule has 0 saturated carbocycles. The van der Waals surface area contributed by atoms with Crippen molar-refractivity contribution >= 4 is 23.1 Å². The van der Waals surface area contributed by atoms with Gasteiger partial charge in [-0.3, -0.25) is 4.79 Å². The van der Waals surface area contributed by atoms with Gasteiger partial charge in [-0.2, -0.15) is 0 Å². The van der Waals surface area contributed by atoms with Crippen molar-refractivity contribution < 1.29 is 13.6 Å². The van der Waals surface area contributed by atoms with Crippen molar-refractivity contribution in [2.24, 2.45) is 0 Å². The zero-order valence-electron chi connectivity index (χ0n) is 10.0. The maximum Gasteiger partial charge on any atom is 0.199 e. The van der Waals surface area contributed by atoms with Crippen LogP contribution in [-0.2, 0) is 0 Å². The first-order valence-electron chi connectivity index (χ1n) is 5.46. The quantitative estimate of drug-likeness (QED) is 0.673. The van der Waals surface area contributed by atoms with Gasteiger partial charge < -0.3 is 5.73 Å². The van der Waals surface area contributed by atoms with Gasteiger partial charge in [0.15, 0.2) is 5.78 Å². The molecule has 0 fully saturated rings. The standard InChI is InChI=1S/C14H10ClF2NO/c1-7-2-5-10(16)12(13(7)17)14(19)8-3-4-9(15)11(18)6-8/h2-6H,18H2,1H3. The van der Waals surface area contributed by atoms with Gasteiger partial charge in [0.05, 0.1) is 16.3 Å². The van der Waals surface area contributed by atoms with Crippen LogP contribution < -0.4 is 5.73 Å². The summed E-state index contributed by atoms with van der Waals surface area (Å²) in [6.45, 7) is 1.46. The van der Waals surface area contributed by atoms with Gasteiger partial charge in [0.2, 0.25) is 0 Å². The van der Waals surface area contributed by atoms with E-state index in [2.05, 4.69) is 0 Å². The van der Waals surface area contributed by atoms with Crippen molar-refractivity contribution in [3.63, 3.8) is 0 Å². The summed E-state index contributed by atoms with van der Waals surface area (Å²) in [4.78, 5) is 12.1. The fraction of sp³-hybridized carbons (Fsp3) is 0.0714. The van der Waals surface area contributed by atoms with Gasteiger partial charge in [-0.25, -0.2) is 8.78 Å². The lowest BCUT2D eigenvalue weighted by atomic mass is 10.00. The van der Waals surface area contributed by atoms with E-state index in [-0.39, 0.29) is 21.8 Å². The topological polar surface area (TPSA) is 43.1 Å². The maximum absolute atomic E-state index is 13.9. The number of ketones is 1. The molecule has 2 rings (SSSR count). The summed E-state index contributed by atoms with van der Waals surface area (Å²) in [6.07, 6.45) is 0. The maximum atomic E-state index is 13.9. The zero-order valence-corrected chi connectivity index (χ0v) is 10.8. The summed E-state index contributed by atoms with van der Waals surface area (Å²) in [6, 6.07) is 6.42. The normalized spacial score (nSPS) is 10.5. The van der Waals surface area contributed by atoms with Crippen LogP contribution in [0.5, 0.6) is 0 Å². The number of nitrogen functional groups attached to an aromatic ring is 1. The first-order chi connectivity index (χ1) is 8.91. The van der Waals surface area contributed by atoms with Crippen LogP contribution in [0.15, 0.2) is 30.3 Å². The predicted molar refractivity (Wildman–Crippen MR) is 70.4 cm³/mol.